The van der Waals surface area contributed by atoms with Gasteiger partial charge in [0.2, 0.25) is 0 Å². The van der Waals surface area contributed by atoms with Crippen molar-refractivity contribution in [3.63, 3.8) is 0 Å². The standard InChI is InChI=1S/C18H22O4S.Na/c1-2-3-4-5-6-15-7-9-16(10-8-15)22-17-11-13-18(14-12-17)23(19,20)21;/h7-14H,2-6H2,1H3,(H,19,20,21);/q;+1/p-1. The monoisotopic (exact) mass is 356 g/mol. The molecule has 2 aromatic rings. The maximum absolute atomic E-state index is 10.9. The summed E-state index contributed by atoms with van der Waals surface area (Å²) in [7, 11) is -4.42. The topological polar surface area (TPSA) is 66.4 Å². The van der Waals surface area contributed by atoms with Crippen LogP contribution in [0.4, 0.5) is 0 Å². The average Bonchev–Trinajstić information content (AvgIpc) is 2.53. The van der Waals surface area contributed by atoms with Gasteiger partial charge in [-0.3, -0.25) is 0 Å². The first-order valence-electron chi connectivity index (χ1n) is 7.82. The molecule has 24 heavy (non-hydrogen) atoms. The number of unbranched alkanes of at least 4 members (excludes halogenated alkanes) is 3. The Hall–Kier alpha value is -0.850. The molecule has 0 aromatic heterocycles. The molecule has 0 radical (unpaired) electrons. The van der Waals surface area contributed by atoms with E-state index in [4.69, 9.17) is 4.74 Å². The number of hydrogen-bond donors (Lipinski definition) is 0. The number of rotatable bonds is 8. The van der Waals surface area contributed by atoms with Gasteiger partial charge in [-0.1, -0.05) is 38.3 Å². The van der Waals surface area contributed by atoms with Gasteiger partial charge in [0, 0.05) is 0 Å². The molecule has 2 rings (SSSR count). The second-order valence-electron chi connectivity index (χ2n) is 5.48. The third kappa shape index (κ3) is 6.95. The van der Waals surface area contributed by atoms with E-state index in [9.17, 15) is 13.0 Å². The molecule has 0 aliphatic heterocycles. The molecule has 124 valence electrons. The Morgan fingerprint density at radius 3 is 1.92 bits per heavy atom. The van der Waals surface area contributed by atoms with Crippen molar-refractivity contribution in [3.05, 3.63) is 54.1 Å². The van der Waals surface area contributed by atoms with Crippen LogP contribution >= 0.6 is 0 Å². The molecule has 4 nitrogen and oxygen atoms in total. The van der Waals surface area contributed by atoms with E-state index < -0.39 is 10.1 Å². The van der Waals surface area contributed by atoms with Gasteiger partial charge >= 0.3 is 29.6 Å². The van der Waals surface area contributed by atoms with Crippen LogP contribution in [-0.2, 0) is 16.5 Å². The van der Waals surface area contributed by atoms with Gasteiger partial charge in [-0.25, -0.2) is 8.42 Å². The Labute approximate surface area is 166 Å². The van der Waals surface area contributed by atoms with Gasteiger partial charge in [-0.05, 0) is 54.8 Å². The van der Waals surface area contributed by atoms with Crippen molar-refractivity contribution < 1.29 is 47.3 Å². The maximum atomic E-state index is 10.9. The summed E-state index contributed by atoms with van der Waals surface area (Å²) in [4.78, 5) is -0.257. The van der Waals surface area contributed by atoms with Gasteiger partial charge in [0.1, 0.15) is 21.6 Å². The van der Waals surface area contributed by atoms with Gasteiger partial charge < -0.3 is 9.29 Å². The number of ether oxygens (including phenoxy) is 1. The summed E-state index contributed by atoms with van der Waals surface area (Å²) < 4.78 is 38.3. The van der Waals surface area contributed by atoms with Crippen molar-refractivity contribution >= 4 is 10.1 Å². The van der Waals surface area contributed by atoms with Crippen molar-refractivity contribution in [2.24, 2.45) is 0 Å². The first-order chi connectivity index (χ1) is 11.0. The summed E-state index contributed by atoms with van der Waals surface area (Å²) in [6.07, 6.45) is 6.02. The Bertz CT molecular complexity index is 710. The van der Waals surface area contributed by atoms with Crippen molar-refractivity contribution in [3.8, 4) is 11.5 Å². The van der Waals surface area contributed by atoms with Gasteiger partial charge in [0.15, 0.2) is 0 Å². The van der Waals surface area contributed by atoms with Crippen LogP contribution in [0, 0.1) is 0 Å². The molecule has 0 saturated heterocycles. The van der Waals surface area contributed by atoms with Crippen LogP contribution < -0.4 is 34.3 Å². The molecule has 0 spiro atoms. The zero-order valence-electron chi connectivity index (χ0n) is 14.2. The molecular formula is C18H21NaO4S. The SMILES string of the molecule is CCCCCCc1ccc(Oc2ccc(S(=O)(=O)[O-])cc2)cc1.[Na+]. The smallest absolute Gasteiger partial charge is 0.744 e. The average molecular weight is 356 g/mol. The van der Waals surface area contributed by atoms with Crippen molar-refractivity contribution in [2.75, 3.05) is 0 Å². The fourth-order valence-corrected chi connectivity index (χ4v) is 2.76. The van der Waals surface area contributed by atoms with Crippen molar-refractivity contribution in [1.82, 2.24) is 0 Å². The molecule has 0 heterocycles. The molecule has 2 aromatic carbocycles. The summed E-state index contributed by atoms with van der Waals surface area (Å²) in [5.74, 6) is 1.17. The van der Waals surface area contributed by atoms with Gasteiger partial charge in [-0.15, -0.1) is 0 Å². The normalized spacial score (nSPS) is 10.9. The van der Waals surface area contributed by atoms with Crippen LogP contribution in [0.2, 0.25) is 0 Å². The van der Waals surface area contributed by atoms with Crippen LogP contribution in [0.15, 0.2) is 53.4 Å². The van der Waals surface area contributed by atoms with E-state index in [1.165, 1.54) is 55.5 Å². The zero-order valence-corrected chi connectivity index (χ0v) is 17.0. The van der Waals surface area contributed by atoms with Crippen molar-refractivity contribution in [1.29, 1.82) is 0 Å². The van der Waals surface area contributed by atoms with Gasteiger partial charge in [0.25, 0.3) is 0 Å². The minimum atomic E-state index is -4.42. The van der Waals surface area contributed by atoms with E-state index in [0.29, 0.717) is 11.5 Å². The molecule has 0 saturated carbocycles. The molecule has 0 aliphatic rings. The van der Waals surface area contributed by atoms with Crippen LogP contribution in [-0.4, -0.2) is 13.0 Å². The molecule has 0 N–H and O–H groups in total. The molecular weight excluding hydrogens is 335 g/mol. The Kier molecular flexibility index (Phi) is 9.02. The third-order valence-corrected chi connectivity index (χ3v) is 4.44. The Morgan fingerprint density at radius 2 is 1.42 bits per heavy atom. The summed E-state index contributed by atoms with van der Waals surface area (Å²) in [6.45, 7) is 2.20. The fourth-order valence-electron chi connectivity index (χ4n) is 2.29. The molecule has 0 amide bonds. The molecule has 6 heteroatoms. The second-order valence-corrected chi connectivity index (χ2v) is 6.86. The van der Waals surface area contributed by atoms with Crippen LogP contribution in [0.3, 0.4) is 0 Å². The first-order valence-corrected chi connectivity index (χ1v) is 9.22. The van der Waals surface area contributed by atoms with E-state index in [-0.39, 0.29) is 34.5 Å². The number of aryl methyl sites for hydroxylation is 1. The maximum Gasteiger partial charge on any atom is 1.00 e. The van der Waals surface area contributed by atoms with Crippen LogP contribution in [0.5, 0.6) is 11.5 Å². The van der Waals surface area contributed by atoms with Crippen LogP contribution in [0.25, 0.3) is 0 Å². The predicted octanol–water partition coefficient (Wildman–Crippen LogP) is 1.51. The largest absolute Gasteiger partial charge is 1.00 e. The zero-order chi connectivity index (χ0) is 16.7. The van der Waals surface area contributed by atoms with Crippen LogP contribution in [0.1, 0.15) is 38.2 Å². The summed E-state index contributed by atoms with van der Waals surface area (Å²) in [6, 6.07) is 13.3. The van der Waals surface area contributed by atoms with Crippen molar-refractivity contribution in [2.45, 2.75) is 43.9 Å². The Balaban J connectivity index is 0.00000288. The fraction of sp³-hybridized carbons (Fsp3) is 0.333. The summed E-state index contributed by atoms with van der Waals surface area (Å²) >= 11 is 0. The second kappa shape index (κ2) is 10.2. The summed E-state index contributed by atoms with van der Waals surface area (Å²) in [5, 5.41) is 0. The molecule has 0 atom stereocenters. The van der Waals surface area contributed by atoms with E-state index in [1.54, 1.807) is 0 Å². The first kappa shape index (κ1) is 21.2. The van der Waals surface area contributed by atoms with E-state index in [2.05, 4.69) is 6.92 Å². The summed E-state index contributed by atoms with van der Waals surface area (Å²) in [5.41, 5.74) is 1.28. The number of hydrogen-bond acceptors (Lipinski definition) is 4. The van der Waals surface area contributed by atoms with E-state index >= 15 is 0 Å². The quantitative estimate of drug-likeness (QED) is 0.409. The molecule has 0 aliphatic carbocycles. The van der Waals surface area contributed by atoms with E-state index in [1.807, 2.05) is 24.3 Å². The predicted molar refractivity (Wildman–Crippen MR) is 88.8 cm³/mol. The molecule has 0 fully saturated rings. The molecule has 0 unspecified atom stereocenters. The molecule has 0 bridgehead atoms. The minimum Gasteiger partial charge on any atom is -0.744 e. The number of benzene rings is 2. The minimum absolute atomic E-state index is 0. The Morgan fingerprint density at radius 1 is 0.875 bits per heavy atom. The third-order valence-electron chi connectivity index (χ3n) is 3.59. The van der Waals surface area contributed by atoms with Gasteiger partial charge in [0.05, 0.1) is 4.90 Å². The van der Waals surface area contributed by atoms with E-state index in [0.717, 1.165) is 6.42 Å². The van der Waals surface area contributed by atoms with Gasteiger partial charge in [-0.2, -0.15) is 0 Å².